The lowest BCUT2D eigenvalue weighted by Crippen LogP contribution is -2.44. The van der Waals surface area contributed by atoms with Gasteiger partial charge in [0.25, 0.3) is 5.97 Å². The molecule has 0 aromatic heterocycles. The van der Waals surface area contributed by atoms with Gasteiger partial charge < -0.3 is 25.3 Å². The molecule has 0 aliphatic heterocycles. The minimum atomic E-state index is -0.918. The fourth-order valence-corrected chi connectivity index (χ4v) is 2.94. The van der Waals surface area contributed by atoms with Gasteiger partial charge in [0.1, 0.15) is 0 Å². The Kier molecular flexibility index (Phi) is 14.3. The first-order valence-corrected chi connectivity index (χ1v) is 8.76. The number of ether oxygens (including phenoxy) is 3. The van der Waals surface area contributed by atoms with E-state index in [-0.39, 0.29) is 5.92 Å². The van der Waals surface area contributed by atoms with Gasteiger partial charge in [-0.05, 0) is 25.8 Å². The summed E-state index contributed by atoms with van der Waals surface area (Å²) in [6.45, 7) is 4.75. The van der Waals surface area contributed by atoms with E-state index < -0.39 is 5.97 Å². The van der Waals surface area contributed by atoms with Crippen molar-refractivity contribution in [2.45, 2.75) is 64.3 Å². The maximum Gasteiger partial charge on any atom is 0.285 e. The highest BCUT2D eigenvalue weighted by Crippen LogP contribution is 2.32. The number of methoxy groups -OCH3 is 3. The molecule has 22 heavy (non-hydrogen) atoms. The summed E-state index contributed by atoms with van der Waals surface area (Å²) in [5, 5.41) is 3.33. The van der Waals surface area contributed by atoms with Crippen LogP contribution in [0, 0.1) is 5.92 Å². The van der Waals surface area contributed by atoms with Gasteiger partial charge in [-0.3, -0.25) is 0 Å². The van der Waals surface area contributed by atoms with Crippen LogP contribution in [0.25, 0.3) is 0 Å². The molecule has 5 heteroatoms. The molecular formula is C17H38N2O3. The molecule has 0 radical (unpaired) electrons. The summed E-state index contributed by atoms with van der Waals surface area (Å²) in [7, 11) is 4.97. The van der Waals surface area contributed by atoms with Crippen LogP contribution in [0.1, 0.15) is 58.3 Å². The predicted octanol–water partition coefficient (Wildman–Crippen LogP) is 2.88. The average molecular weight is 319 g/mol. The zero-order valence-corrected chi connectivity index (χ0v) is 15.2. The molecule has 0 fully saturated rings. The number of nitrogens with two attached hydrogens (primary N) is 1. The molecule has 0 amide bonds. The van der Waals surface area contributed by atoms with Crippen molar-refractivity contribution in [2.24, 2.45) is 11.7 Å². The Labute approximate surface area is 137 Å². The molecule has 0 aliphatic rings. The lowest BCUT2D eigenvalue weighted by molar-refractivity contribution is -0.380. The van der Waals surface area contributed by atoms with E-state index in [0.717, 1.165) is 32.4 Å². The lowest BCUT2D eigenvalue weighted by Gasteiger charge is -2.36. The van der Waals surface area contributed by atoms with Crippen LogP contribution in [0.4, 0.5) is 0 Å². The Balaban J connectivity index is 4.35. The monoisotopic (exact) mass is 318 g/mol. The minimum Gasteiger partial charge on any atom is -0.331 e. The molecule has 1 unspecified atom stereocenters. The fraction of sp³-hybridized carbons (Fsp3) is 1.00. The third-order valence-electron chi connectivity index (χ3n) is 4.24. The molecular weight excluding hydrogens is 280 g/mol. The van der Waals surface area contributed by atoms with Crippen molar-refractivity contribution in [3.63, 3.8) is 0 Å². The second-order valence-corrected chi connectivity index (χ2v) is 5.80. The van der Waals surface area contributed by atoms with E-state index >= 15 is 0 Å². The molecule has 0 heterocycles. The van der Waals surface area contributed by atoms with Crippen molar-refractivity contribution in [1.29, 1.82) is 0 Å². The Morgan fingerprint density at radius 2 is 1.45 bits per heavy atom. The van der Waals surface area contributed by atoms with Crippen molar-refractivity contribution in [3.05, 3.63) is 0 Å². The topological polar surface area (TPSA) is 65.7 Å². The average Bonchev–Trinajstić information content (AvgIpc) is 2.55. The standard InChI is InChI=1S/C17H38N2O3/c1-5-6-7-8-9-11-16(12-10-14-19-15-13-18)17(20-2,21-3)22-4/h16,19H,5-15,18H2,1-4H3. The van der Waals surface area contributed by atoms with E-state index in [0.29, 0.717) is 6.54 Å². The van der Waals surface area contributed by atoms with E-state index in [1.807, 2.05) is 0 Å². The van der Waals surface area contributed by atoms with E-state index in [1.165, 1.54) is 32.1 Å². The van der Waals surface area contributed by atoms with Crippen molar-refractivity contribution < 1.29 is 14.2 Å². The van der Waals surface area contributed by atoms with Crippen LogP contribution in [0.2, 0.25) is 0 Å². The Morgan fingerprint density at radius 1 is 0.864 bits per heavy atom. The molecule has 0 saturated heterocycles. The Bertz CT molecular complexity index is 214. The number of nitrogens with one attached hydrogen (secondary N) is 1. The summed E-state index contributed by atoms with van der Waals surface area (Å²) in [6, 6.07) is 0. The second kappa shape index (κ2) is 14.4. The molecule has 0 saturated carbocycles. The number of hydrogen-bond donors (Lipinski definition) is 2. The Hall–Kier alpha value is -0.200. The smallest absolute Gasteiger partial charge is 0.285 e. The van der Waals surface area contributed by atoms with Crippen molar-refractivity contribution in [2.75, 3.05) is 41.0 Å². The first-order chi connectivity index (χ1) is 10.7. The number of rotatable bonds is 16. The van der Waals surface area contributed by atoms with E-state index in [9.17, 15) is 0 Å². The first kappa shape index (κ1) is 21.8. The maximum absolute atomic E-state index is 5.57. The number of unbranched alkanes of at least 4 members (excludes halogenated alkanes) is 4. The molecule has 1 atom stereocenters. The van der Waals surface area contributed by atoms with Crippen LogP contribution in [0.5, 0.6) is 0 Å². The summed E-state index contributed by atoms with van der Waals surface area (Å²) in [5.74, 6) is -0.674. The van der Waals surface area contributed by atoms with Gasteiger partial charge in [0.05, 0.1) is 0 Å². The van der Waals surface area contributed by atoms with Gasteiger partial charge in [0.15, 0.2) is 0 Å². The molecule has 0 aliphatic carbocycles. The SMILES string of the molecule is CCCCCCCC(CCCNCCN)C(OC)(OC)OC. The summed E-state index contributed by atoms with van der Waals surface area (Å²) >= 11 is 0. The van der Waals surface area contributed by atoms with Gasteiger partial charge in [-0.15, -0.1) is 0 Å². The molecule has 3 N–H and O–H groups in total. The summed E-state index contributed by atoms with van der Waals surface area (Å²) in [5.41, 5.74) is 5.49. The zero-order valence-electron chi connectivity index (χ0n) is 15.2. The highest BCUT2D eigenvalue weighted by molar-refractivity contribution is 4.72. The quantitative estimate of drug-likeness (QED) is 0.338. The van der Waals surface area contributed by atoms with Crippen molar-refractivity contribution in [1.82, 2.24) is 5.32 Å². The van der Waals surface area contributed by atoms with Crippen LogP contribution >= 0.6 is 0 Å². The van der Waals surface area contributed by atoms with Gasteiger partial charge in [0.2, 0.25) is 0 Å². The third-order valence-corrected chi connectivity index (χ3v) is 4.24. The first-order valence-electron chi connectivity index (χ1n) is 8.76. The molecule has 0 bridgehead atoms. The lowest BCUT2D eigenvalue weighted by atomic mass is 9.93. The number of hydrogen-bond acceptors (Lipinski definition) is 5. The zero-order chi connectivity index (χ0) is 16.7. The van der Waals surface area contributed by atoms with Crippen LogP contribution in [-0.2, 0) is 14.2 Å². The summed E-state index contributed by atoms with van der Waals surface area (Å²) in [4.78, 5) is 0. The highest BCUT2D eigenvalue weighted by Gasteiger charge is 2.39. The van der Waals surface area contributed by atoms with Gasteiger partial charge >= 0.3 is 0 Å². The highest BCUT2D eigenvalue weighted by atomic mass is 16.9. The van der Waals surface area contributed by atoms with E-state index in [1.54, 1.807) is 21.3 Å². The maximum atomic E-state index is 5.57. The van der Waals surface area contributed by atoms with Gasteiger partial charge in [-0.1, -0.05) is 39.0 Å². The van der Waals surface area contributed by atoms with Crippen LogP contribution < -0.4 is 11.1 Å². The van der Waals surface area contributed by atoms with Gasteiger partial charge in [-0.2, -0.15) is 0 Å². The van der Waals surface area contributed by atoms with E-state index in [4.69, 9.17) is 19.9 Å². The van der Waals surface area contributed by atoms with Gasteiger partial charge in [0, 0.05) is 40.3 Å². The van der Waals surface area contributed by atoms with E-state index in [2.05, 4.69) is 12.2 Å². The van der Waals surface area contributed by atoms with Crippen molar-refractivity contribution in [3.8, 4) is 0 Å². The Morgan fingerprint density at radius 3 is 2.00 bits per heavy atom. The van der Waals surface area contributed by atoms with Crippen LogP contribution in [-0.4, -0.2) is 46.9 Å². The predicted molar refractivity (Wildman–Crippen MR) is 91.8 cm³/mol. The minimum absolute atomic E-state index is 0.244. The van der Waals surface area contributed by atoms with Crippen LogP contribution in [0.15, 0.2) is 0 Å². The molecule has 0 rings (SSSR count). The summed E-state index contributed by atoms with van der Waals surface area (Å²) in [6.07, 6.45) is 9.50. The second-order valence-electron chi connectivity index (χ2n) is 5.80. The van der Waals surface area contributed by atoms with Crippen LogP contribution in [0.3, 0.4) is 0 Å². The fourth-order valence-electron chi connectivity index (χ4n) is 2.94. The third kappa shape index (κ3) is 8.44. The van der Waals surface area contributed by atoms with Gasteiger partial charge in [-0.25, -0.2) is 0 Å². The normalized spacial score (nSPS) is 13.5. The largest absolute Gasteiger partial charge is 0.331 e. The molecule has 5 nitrogen and oxygen atoms in total. The molecule has 0 aromatic rings. The summed E-state index contributed by atoms with van der Waals surface area (Å²) < 4.78 is 16.7. The molecule has 0 aromatic carbocycles. The van der Waals surface area contributed by atoms with Crippen molar-refractivity contribution >= 4 is 0 Å². The molecule has 0 spiro atoms. The molecule has 134 valence electrons.